The fourth-order valence-corrected chi connectivity index (χ4v) is 2.66. The molecule has 22 heavy (non-hydrogen) atoms. The standard InChI is InChI=1S/C17H20N2O3/c1-10-15(12(3)21)11(2)18-16(10)17(22)19-14(9-20)13-7-5-4-6-8-13/h4-8,14,18,20H,9H2,1-3H3,(H,19,22). The van der Waals surface area contributed by atoms with Crippen LogP contribution in [0.2, 0.25) is 0 Å². The van der Waals surface area contributed by atoms with Crippen LogP contribution in [0.25, 0.3) is 0 Å². The third kappa shape index (κ3) is 3.09. The Morgan fingerprint density at radius 1 is 1.23 bits per heavy atom. The van der Waals surface area contributed by atoms with Crippen LogP contribution in [0, 0.1) is 13.8 Å². The summed E-state index contributed by atoms with van der Waals surface area (Å²) in [5, 5.41) is 12.3. The van der Waals surface area contributed by atoms with Gasteiger partial charge in [-0.2, -0.15) is 0 Å². The van der Waals surface area contributed by atoms with Crippen molar-refractivity contribution < 1.29 is 14.7 Å². The second-order valence-electron chi connectivity index (χ2n) is 5.30. The molecule has 1 amide bonds. The van der Waals surface area contributed by atoms with Gasteiger partial charge in [0.25, 0.3) is 5.91 Å². The third-order valence-electron chi connectivity index (χ3n) is 3.71. The van der Waals surface area contributed by atoms with E-state index in [9.17, 15) is 14.7 Å². The predicted octanol–water partition coefficient (Wildman–Crippen LogP) is 2.30. The van der Waals surface area contributed by atoms with Gasteiger partial charge >= 0.3 is 0 Å². The van der Waals surface area contributed by atoms with Crippen LogP contribution in [-0.2, 0) is 0 Å². The molecule has 1 atom stereocenters. The highest BCUT2D eigenvalue weighted by Crippen LogP contribution is 2.20. The van der Waals surface area contributed by atoms with E-state index in [1.165, 1.54) is 6.92 Å². The van der Waals surface area contributed by atoms with Crippen LogP contribution in [0.15, 0.2) is 30.3 Å². The molecule has 0 bridgehead atoms. The van der Waals surface area contributed by atoms with E-state index in [1.807, 2.05) is 30.3 Å². The number of hydrogen-bond acceptors (Lipinski definition) is 3. The number of carbonyl (C=O) groups excluding carboxylic acids is 2. The van der Waals surface area contributed by atoms with Gasteiger partial charge in [0, 0.05) is 11.3 Å². The number of amides is 1. The van der Waals surface area contributed by atoms with Gasteiger partial charge in [-0.15, -0.1) is 0 Å². The van der Waals surface area contributed by atoms with E-state index >= 15 is 0 Å². The Morgan fingerprint density at radius 2 is 1.86 bits per heavy atom. The molecular formula is C17H20N2O3. The summed E-state index contributed by atoms with van der Waals surface area (Å²) in [6.45, 7) is 4.78. The highest BCUT2D eigenvalue weighted by atomic mass is 16.3. The van der Waals surface area contributed by atoms with Gasteiger partial charge in [0.1, 0.15) is 5.69 Å². The molecule has 0 aliphatic rings. The molecule has 2 rings (SSSR count). The number of rotatable bonds is 5. The van der Waals surface area contributed by atoms with Crippen molar-refractivity contribution in [1.29, 1.82) is 0 Å². The maximum absolute atomic E-state index is 12.4. The van der Waals surface area contributed by atoms with Crippen LogP contribution in [0.5, 0.6) is 0 Å². The summed E-state index contributed by atoms with van der Waals surface area (Å²) in [6.07, 6.45) is 0. The SMILES string of the molecule is CC(=O)c1c(C)[nH]c(C(=O)NC(CO)c2ccccc2)c1C. The van der Waals surface area contributed by atoms with Crippen LogP contribution in [0.4, 0.5) is 0 Å². The minimum absolute atomic E-state index is 0.0768. The van der Waals surface area contributed by atoms with Gasteiger partial charge in [-0.1, -0.05) is 30.3 Å². The second-order valence-corrected chi connectivity index (χ2v) is 5.30. The smallest absolute Gasteiger partial charge is 0.268 e. The molecule has 1 heterocycles. The van der Waals surface area contributed by atoms with Gasteiger partial charge in [0.05, 0.1) is 12.6 Å². The van der Waals surface area contributed by atoms with Crippen molar-refractivity contribution in [2.24, 2.45) is 0 Å². The molecule has 3 N–H and O–H groups in total. The Hall–Kier alpha value is -2.40. The summed E-state index contributed by atoms with van der Waals surface area (Å²) in [5.41, 5.74) is 3.04. The Bertz CT molecular complexity index is 689. The van der Waals surface area contributed by atoms with Crippen molar-refractivity contribution in [2.45, 2.75) is 26.8 Å². The van der Waals surface area contributed by atoms with E-state index in [0.29, 0.717) is 22.5 Å². The first-order chi connectivity index (χ1) is 10.5. The number of aromatic amines is 1. The van der Waals surface area contributed by atoms with Crippen molar-refractivity contribution in [3.05, 3.63) is 58.4 Å². The van der Waals surface area contributed by atoms with Gasteiger partial charge in [0.2, 0.25) is 0 Å². The third-order valence-corrected chi connectivity index (χ3v) is 3.71. The number of nitrogens with one attached hydrogen (secondary N) is 2. The zero-order valence-electron chi connectivity index (χ0n) is 12.9. The summed E-state index contributed by atoms with van der Waals surface area (Å²) >= 11 is 0. The van der Waals surface area contributed by atoms with Crippen LogP contribution in [-0.4, -0.2) is 28.4 Å². The van der Waals surface area contributed by atoms with E-state index in [0.717, 1.165) is 5.56 Å². The Morgan fingerprint density at radius 3 is 2.36 bits per heavy atom. The maximum atomic E-state index is 12.4. The van der Waals surface area contributed by atoms with Gasteiger partial charge in [-0.05, 0) is 31.9 Å². The second kappa shape index (κ2) is 6.58. The lowest BCUT2D eigenvalue weighted by Gasteiger charge is -2.16. The molecule has 0 spiro atoms. The topological polar surface area (TPSA) is 82.2 Å². The summed E-state index contributed by atoms with van der Waals surface area (Å²) in [5.74, 6) is -0.414. The highest BCUT2D eigenvalue weighted by Gasteiger charge is 2.22. The summed E-state index contributed by atoms with van der Waals surface area (Å²) in [7, 11) is 0. The molecule has 1 unspecified atom stereocenters. The molecule has 0 saturated heterocycles. The Labute approximate surface area is 129 Å². The molecule has 5 heteroatoms. The molecule has 1 aromatic carbocycles. The molecule has 0 fully saturated rings. The van der Waals surface area contributed by atoms with Crippen LogP contribution < -0.4 is 5.32 Å². The quantitative estimate of drug-likeness (QED) is 0.741. The van der Waals surface area contributed by atoms with E-state index in [2.05, 4.69) is 10.3 Å². The number of aryl methyl sites for hydroxylation is 1. The van der Waals surface area contributed by atoms with Crippen molar-refractivity contribution in [3.63, 3.8) is 0 Å². The number of aliphatic hydroxyl groups is 1. The molecule has 1 aromatic heterocycles. The van der Waals surface area contributed by atoms with E-state index < -0.39 is 6.04 Å². The predicted molar refractivity (Wildman–Crippen MR) is 84.0 cm³/mol. The lowest BCUT2D eigenvalue weighted by Crippen LogP contribution is -2.31. The van der Waals surface area contributed by atoms with Crippen LogP contribution in [0.1, 0.15) is 50.6 Å². The Balaban J connectivity index is 2.26. The molecule has 0 aliphatic heterocycles. The normalized spacial score (nSPS) is 12.0. The molecule has 5 nitrogen and oxygen atoms in total. The van der Waals surface area contributed by atoms with E-state index in [-0.39, 0.29) is 18.3 Å². The number of aliphatic hydroxyl groups excluding tert-OH is 1. The first-order valence-electron chi connectivity index (χ1n) is 7.12. The summed E-state index contributed by atoms with van der Waals surface area (Å²) < 4.78 is 0. The van der Waals surface area contributed by atoms with E-state index in [1.54, 1.807) is 13.8 Å². The lowest BCUT2D eigenvalue weighted by molar-refractivity contribution is 0.0911. The van der Waals surface area contributed by atoms with E-state index in [4.69, 9.17) is 0 Å². The van der Waals surface area contributed by atoms with Crippen LogP contribution in [0.3, 0.4) is 0 Å². The molecule has 116 valence electrons. The maximum Gasteiger partial charge on any atom is 0.268 e. The van der Waals surface area contributed by atoms with Gasteiger partial charge in [0.15, 0.2) is 5.78 Å². The lowest BCUT2D eigenvalue weighted by atomic mass is 10.1. The minimum atomic E-state index is -0.488. The molecule has 0 saturated carbocycles. The monoisotopic (exact) mass is 300 g/mol. The number of H-pyrrole nitrogens is 1. The first-order valence-corrected chi connectivity index (χ1v) is 7.12. The van der Waals surface area contributed by atoms with Gasteiger partial charge in [-0.25, -0.2) is 0 Å². The van der Waals surface area contributed by atoms with Crippen LogP contribution >= 0.6 is 0 Å². The van der Waals surface area contributed by atoms with Crippen molar-refractivity contribution >= 4 is 11.7 Å². The van der Waals surface area contributed by atoms with Gasteiger partial charge in [-0.3, -0.25) is 9.59 Å². The number of hydrogen-bond donors (Lipinski definition) is 3. The zero-order chi connectivity index (χ0) is 16.3. The molecule has 0 radical (unpaired) electrons. The summed E-state index contributed by atoms with van der Waals surface area (Å²) in [6, 6.07) is 8.77. The van der Waals surface area contributed by atoms with Gasteiger partial charge < -0.3 is 15.4 Å². The average molecular weight is 300 g/mol. The fourth-order valence-electron chi connectivity index (χ4n) is 2.66. The average Bonchev–Trinajstić information content (AvgIpc) is 2.80. The van der Waals surface area contributed by atoms with Crippen molar-refractivity contribution in [2.75, 3.05) is 6.61 Å². The number of aromatic nitrogens is 1. The molecule has 0 aliphatic carbocycles. The number of ketones is 1. The van der Waals surface area contributed by atoms with Crippen molar-refractivity contribution in [1.82, 2.24) is 10.3 Å². The van der Waals surface area contributed by atoms with Crippen molar-refractivity contribution in [3.8, 4) is 0 Å². The zero-order valence-corrected chi connectivity index (χ0v) is 12.9. The number of benzene rings is 1. The fraction of sp³-hybridized carbons (Fsp3) is 0.294. The highest BCUT2D eigenvalue weighted by molar-refractivity contribution is 6.02. The first kappa shape index (κ1) is 16.0. The minimum Gasteiger partial charge on any atom is -0.394 e. The Kier molecular flexibility index (Phi) is 4.78. The number of carbonyl (C=O) groups is 2. The molecular weight excluding hydrogens is 280 g/mol. The molecule has 2 aromatic rings. The number of Topliss-reactive ketones (excluding diaryl/α,β-unsaturated/α-hetero) is 1. The largest absolute Gasteiger partial charge is 0.394 e. The summed E-state index contributed by atoms with van der Waals surface area (Å²) in [4.78, 5) is 27.0.